The molecule has 0 fully saturated rings. The van der Waals surface area contributed by atoms with Crippen molar-refractivity contribution in [2.75, 3.05) is 12.4 Å². The number of rotatable bonds is 6. The molecular weight excluding hydrogens is 347 g/mol. The van der Waals surface area contributed by atoms with Gasteiger partial charge in [-0.3, -0.25) is 4.79 Å². The van der Waals surface area contributed by atoms with Crippen molar-refractivity contribution >= 4 is 11.6 Å². The SMILES string of the molecule is C=C(N=O)C1=C(C(=O)Nc2ccc(-c3cccc(OC)c3)cc2F)CCC1. The summed E-state index contributed by atoms with van der Waals surface area (Å²) in [4.78, 5) is 23.2. The van der Waals surface area contributed by atoms with E-state index in [1.807, 2.05) is 18.2 Å². The molecule has 1 aliphatic carbocycles. The molecule has 0 aromatic heterocycles. The Hall–Kier alpha value is -3.28. The highest BCUT2D eigenvalue weighted by Crippen LogP contribution is 2.33. The molecule has 1 N–H and O–H groups in total. The lowest BCUT2D eigenvalue weighted by Gasteiger charge is -2.11. The van der Waals surface area contributed by atoms with Crippen molar-refractivity contribution < 1.29 is 13.9 Å². The van der Waals surface area contributed by atoms with Crippen molar-refractivity contribution in [3.05, 3.63) is 76.6 Å². The van der Waals surface area contributed by atoms with Crippen molar-refractivity contribution in [3.63, 3.8) is 0 Å². The highest BCUT2D eigenvalue weighted by Gasteiger charge is 2.23. The Morgan fingerprint density at radius 2 is 1.89 bits per heavy atom. The van der Waals surface area contributed by atoms with Crippen molar-refractivity contribution in [1.29, 1.82) is 0 Å². The summed E-state index contributed by atoms with van der Waals surface area (Å²) in [6.07, 6.45) is 1.83. The lowest BCUT2D eigenvalue weighted by atomic mass is 10.0. The van der Waals surface area contributed by atoms with Crippen LogP contribution in [0.3, 0.4) is 0 Å². The molecule has 0 saturated carbocycles. The van der Waals surface area contributed by atoms with Gasteiger partial charge in [-0.15, -0.1) is 4.91 Å². The summed E-state index contributed by atoms with van der Waals surface area (Å²) in [6, 6.07) is 11.9. The molecule has 2 aromatic rings. The van der Waals surface area contributed by atoms with Crippen LogP contribution in [0.2, 0.25) is 0 Å². The van der Waals surface area contributed by atoms with Gasteiger partial charge >= 0.3 is 0 Å². The van der Waals surface area contributed by atoms with Crippen LogP contribution in [0.4, 0.5) is 10.1 Å². The number of hydrogen-bond acceptors (Lipinski definition) is 4. The Balaban J connectivity index is 1.83. The van der Waals surface area contributed by atoms with Crippen LogP contribution in [0.25, 0.3) is 11.1 Å². The summed E-state index contributed by atoms with van der Waals surface area (Å²) < 4.78 is 19.7. The lowest BCUT2D eigenvalue weighted by Crippen LogP contribution is -2.15. The number of carbonyl (C=O) groups excluding carboxylic acids is 1. The number of anilines is 1. The Morgan fingerprint density at radius 1 is 1.15 bits per heavy atom. The van der Waals surface area contributed by atoms with Crippen molar-refractivity contribution in [2.24, 2.45) is 5.18 Å². The molecular formula is C21H19FN2O3. The maximum absolute atomic E-state index is 14.5. The number of halogens is 1. The zero-order valence-electron chi connectivity index (χ0n) is 14.9. The largest absolute Gasteiger partial charge is 0.497 e. The van der Waals surface area contributed by atoms with E-state index in [0.29, 0.717) is 35.3 Å². The predicted molar refractivity (Wildman–Crippen MR) is 103 cm³/mol. The summed E-state index contributed by atoms with van der Waals surface area (Å²) in [5, 5.41) is 5.40. The van der Waals surface area contributed by atoms with E-state index in [2.05, 4.69) is 17.1 Å². The molecule has 1 aliphatic rings. The second-order valence-electron chi connectivity index (χ2n) is 6.23. The van der Waals surface area contributed by atoms with Crippen LogP contribution < -0.4 is 10.1 Å². The summed E-state index contributed by atoms with van der Waals surface area (Å²) in [7, 11) is 1.57. The molecule has 0 bridgehead atoms. The van der Waals surface area contributed by atoms with Crippen LogP contribution in [-0.2, 0) is 4.79 Å². The van der Waals surface area contributed by atoms with Crippen LogP contribution in [0.5, 0.6) is 5.75 Å². The highest BCUT2D eigenvalue weighted by atomic mass is 19.1. The van der Waals surface area contributed by atoms with Gasteiger partial charge in [0.15, 0.2) is 0 Å². The Labute approximate surface area is 156 Å². The number of ether oxygens (including phenoxy) is 1. The third-order valence-electron chi connectivity index (χ3n) is 4.57. The van der Waals surface area contributed by atoms with E-state index >= 15 is 0 Å². The number of carbonyl (C=O) groups is 1. The maximum Gasteiger partial charge on any atom is 0.252 e. The molecule has 0 heterocycles. The minimum Gasteiger partial charge on any atom is -0.497 e. The molecule has 0 aliphatic heterocycles. The molecule has 0 atom stereocenters. The lowest BCUT2D eigenvalue weighted by molar-refractivity contribution is -0.113. The minimum atomic E-state index is -0.545. The van der Waals surface area contributed by atoms with Crippen LogP contribution in [0, 0.1) is 10.7 Å². The number of amides is 1. The standard InChI is InChI=1S/C21H19FN2O3/c1-13(24-26)17-7-4-8-18(17)21(25)23-20-10-9-15(12-19(20)22)14-5-3-6-16(11-14)27-2/h3,5-6,9-12H,1,4,7-8H2,2H3,(H,23,25). The van der Waals surface area contributed by atoms with E-state index in [4.69, 9.17) is 4.74 Å². The monoisotopic (exact) mass is 366 g/mol. The van der Waals surface area contributed by atoms with Gasteiger partial charge in [-0.25, -0.2) is 4.39 Å². The Kier molecular flexibility index (Phi) is 5.45. The fourth-order valence-electron chi connectivity index (χ4n) is 3.16. The average molecular weight is 366 g/mol. The van der Waals surface area contributed by atoms with Gasteiger partial charge in [0.05, 0.1) is 12.8 Å². The molecule has 0 unspecified atom stereocenters. The van der Waals surface area contributed by atoms with Crippen molar-refractivity contribution in [3.8, 4) is 16.9 Å². The normalized spacial score (nSPS) is 13.4. The third kappa shape index (κ3) is 3.95. The number of allylic oxidation sites excluding steroid dienone is 1. The molecule has 5 nitrogen and oxygen atoms in total. The first-order valence-corrected chi connectivity index (χ1v) is 8.53. The van der Waals surface area contributed by atoms with E-state index in [1.165, 1.54) is 12.1 Å². The molecule has 138 valence electrons. The molecule has 6 heteroatoms. The highest BCUT2D eigenvalue weighted by molar-refractivity contribution is 6.05. The second kappa shape index (κ2) is 7.95. The van der Waals surface area contributed by atoms with E-state index in [-0.39, 0.29) is 11.4 Å². The fraction of sp³-hybridized carbons (Fsp3) is 0.190. The number of nitrogens with zero attached hydrogens (tertiary/aromatic N) is 1. The molecule has 0 radical (unpaired) electrons. The number of nitroso groups, excluding NO2 is 1. The van der Waals surface area contributed by atoms with Crippen LogP contribution in [-0.4, -0.2) is 13.0 Å². The van der Waals surface area contributed by atoms with Gasteiger partial charge in [-0.2, -0.15) is 0 Å². The first-order valence-electron chi connectivity index (χ1n) is 8.53. The first kappa shape index (κ1) is 18.5. The van der Waals surface area contributed by atoms with E-state index in [0.717, 1.165) is 12.0 Å². The molecule has 0 spiro atoms. The first-order chi connectivity index (χ1) is 13.0. The third-order valence-corrected chi connectivity index (χ3v) is 4.57. The summed E-state index contributed by atoms with van der Waals surface area (Å²) in [5.41, 5.74) is 2.61. The van der Waals surface area contributed by atoms with Crippen molar-refractivity contribution in [1.82, 2.24) is 0 Å². The number of methoxy groups -OCH3 is 1. The van der Waals surface area contributed by atoms with Gasteiger partial charge in [-0.1, -0.05) is 24.8 Å². The number of hydrogen-bond donors (Lipinski definition) is 1. The topological polar surface area (TPSA) is 67.8 Å². The molecule has 27 heavy (non-hydrogen) atoms. The van der Waals surface area contributed by atoms with Gasteiger partial charge in [0, 0.05) is 5.57 Å². The summed E-state index contributed by atoms with van der Waals surface area (Å²) >= 11 is 0. The minimum absolute atomic E-state index is 0.0616. The van der Waals surface area contributed by atoms with E-state index < -0.39 is 11.7 Å². The Morgan fingerprint density at radius 3 is 2.59 bits per heavy atom. The predicted octanol–water partition coefficient (Wildman–Crippen LogP) is 5.20. The van der Waals surface area contributed by atoms with Gasteiger partial charge in [0.2, 0.25) is 0 Å². The Bertz CT molecular complexity index is 950. The number of nitrogens with one attached hydrogen (secondary N) is 1. The van der Waals surface area contributed by atoms with Crippen LogP contribution in [0.1, 0.15) is 19.3 Å². The van der Waals surface area contributed by atoms with Gasteiger partial charge in [0.25, 0.3) is 5.91 Å². The molecule has 0 saturated heterocycles. The van der Waals surface area contributed by atoms with Crippen LogP contribution >= 0.6 is 0 Å². The number of benzene rings is 2. The molecule has 1 amide bonds. The van der Waals surface area contributed by atoms with E-state index in [9.17, 15) is 14.1 Å². The summed E-state index contributed by atoms with van der Waals surface area (Å²) in [5.74, 6) is -0.300. The smallest absolute Gasteiger partial charge is 0.252 e. The molecule has 3 rings (SSSR count). The van der Waals surface area contributed by atoms with Gasteiger partial charge in [0.1, 0.15) is 17.3 Å². The van der Waals surface area contributed by atoms with Crippen molar-refractivity contribution in [2.45, 2.75) is 19.3 Å². The average Bonchev–Trinajstić information content (AvgIpc) is 3.19. The van der Waals surface area contributed by atoms with Gasteiger partial charge < -0.3 is 10.1 Å². The summed E-state index contributed by atoms with van der Waals surface area (Å²) in [6.45, 7) is 3.57. The quantitative estimate of drug-likeness (QED) is 0.715. The zero-order chi connectivity index (χ0) is 19.4. The fourth-order valence-corrected chi connectivity index (χ4v) is 3.16. The maximum atomic E-state index is 14.5. The van der Waals surface area contributed by atoms with E-state index in [1.54, 1.807) is 19.2 Å². The second-order valence-corrected chi connectivity index (χ2v) is 6.23. The van der Waals surface area contributed by atoms with Gasteiger partial charge in [-0.05, 0) is 65.4 Å². The molecule has 2 aromatic carbocycles. The van der Waals surface area contributed by atoms with Crippen LogP contribution in [0.15, 0.2) is 71.1 Å². The zero-order valence-corrected chi connectivity index (χ0v) is 14.9.